The lowest BCUT2D eigenvalue weighted by atomic mass is 9.84. The second-order valence-corrected chi connectivity index (χ2v) is 4.74. The molecule has 1 fully saturated rings. The minimum Gasteiger partial charge on any atom is -0.353 e. The predicted octanol–water partition coefficient (Wildman–Crippen LogP) is 2.24. The number of rotatable bonds is 3. The van der Waals surface area contributed by atoms with Crippen LogP contribution in [-0.4, -0.2) is 11.9 Å². The van der Waals surface area contributed by atoms with Crippen molar-refractivity contribution < 1.29 is 4.79 Å². The minimum absolute atomic E-state index is 0.135. The van der Waals surface area contributed by atoms with Crippen LogP contribution in [0.3, 0.4) is 0 Å². The highest BCUT2D eigenvalue weighted by atomic mass is 16.2. The van der Waals surface area contributed by atoms with E-state index in [9.17, 15) is 4.79 Å². The van der Waals surface area contributed by atoms with E-state index in [2.05, 4.69) is 5.32 Å². The Kier molecular flexibility index (Phi) is 2.51. The largest absolute Gasteiger partial charge is 0.353 e. The van der Waals surface area contributed by atoms with Crippen LogP contribution >= 0.6 is 0 Å². The van der Waals surface area contributed by atoms with E-state index >= 15 is 0 Å². The van der Waals surface area contributed by atoms with Crippen LogP contribution in [0.4, 0.5) is 0 Å². The van der Waals surface area contributed by atoms with Crippen LogP contribution in [0.5, 0.6) is 0 Å². The number of hydrogen-bond acceptors (Lipinski definition) is 1. The van der Waals surface area contributed by atoms with E-state index in [0.29, 0.717) is 6.04 Å². The lowest BCUT2D eigenvalue weighted by Crippen LogP contribution is -2.41. The van der Waals surface area contributed by atoms with Gasteiger partial charge < -0.3 is 5.32 Å². The van der Waals surface area contributed by atoms with Crippen LogP contribution in [-0.2, 0) is 10.2 Å². The molecule has 1 aromatic carbocycles. The standard InChI is InChI=1S/C13H17NO/c1-13(2,10-6-4-3-5-7-10)12(15)14-11-8-9-11/h3-7,11H,8-9H2,1-2H3,(H,14,15). The van der Waals surface area contributed by atoms with Crippen molar-refractivity contribution in [2.75, 3.05) is 0 Å². The molecule has 80 valence electrons. The summed E-state index contributed by atoms with van der Waals surface area (Å²) >= 11 is 0. The van der Waals surface area contributed by atoms with Crippen molar-refractivity contribution in [2.24, 2.45) is 0 Å². The monoisotopic (exact) mass is 203 g/mol. The highest BCUT2D eigenvalue weighted by Gasteiger charge is 2.33. The van der Waals surface area contributed by atoms with Crippen molar-refractivity contribution in [3.63, 3.8) is 0 Å². The molecule has 0 heterocycles. The zero-order valence-corrected chi connectivity index (χ0v) is 9.29. The topological polar surface area (TPSA) is 29.1 Å². The lowest BCUT2D eigenvalue weighted by molar-refractivity contribution is -0.125. The fourth-order valence-electron chi connectivity index (χ4n) is 1.58. The number of benzene rings is 1. The van der Waals surface area contributed by atoms with Gasteiger partial charge in [0.15, 0.2) is 0 Å². The molecular weight excluding hydrogens is 186 g/mol. The molecule has 2 heteroatoms. The fraction of sp³-hybridized carbons (Fsp3) is 0.462. The van der Waals surface area contributed by atoms with Gasteiger partial charge in [0.2, 0.25) is 5.91 Å². The summed E-state index contributed by atoms with van der Waals surface area (Å²) in [5.41, 5.74) is 0.646. The Balaban J connectivity index is 2.14. The summed E-state index contributed by atoms with van der Waals surface area (Å²) in [6.45, 7) is 3.94. The summed E-state index contributed by atoms with van der Waals surface area (Å²) < 4.78 is 0. The van der Waals surface area contributed by atoms with Crippen molar-refractivity contribution in [3.05, 3.63) is 35.9 Å². The molecule has 0 aliphatic heterocycles. The Labute approximate surface area is 90.7 Å². The number of carbonyl (C=O) groups excluding carboxylic acids is 1. The van der Waals surface area contributed by atoms with Gasteiger partial charge in [-0.15, -0.1) is 0 Å². The van der Waals surface area contributed by atoms with Gasteiger partial charge in [-0.25, -0.2) is 0 Å². The zero-order chi connectivity index (χ0) is 10.9. The van der Waals surface area contributed by atoms with Gasteiger partial charge in [0.25, 0.3) is 0 Å². The van der Waals surface area contributed by atoms with E-state index < -0.39 is 5.41 Å². The first kappa shape index (κ1) is 10.2. The van der Waals surface area contributed by atoms with Gasteiger partial charge in [0.1, 0.15) is 0 Å². The molecule has 0 atom stereocenters. The molecule has 2 rings (SSSR count). The number of amides is 1. The van der Waals surface area contributed by atoms with E-state index in [0.717, 1.165) is 18.4 Å². The molecule has 0 radical (unpaired) electrons. The van der Waals surface area contributed by atoms with Gasteiger partial charge >= 0.3 is 0 Å². The minimum atomic E-state index is -0.427. The van der Waals surface area contributed by atoms with Crippen LogP contribution < -0.4 is 5.32 Å². The molecule has 1 aliphatic carbocycles. The molecule has 1 N–H and O–H groups in total. The highest BCUT2D eigenvalue weighted by molar-refractivity contribution is 5.87. The van der Waals surface area contributed by atoms with E-state index in [4.69, 9.17) is 0 Å². The third-order valence-electron chi connectivity index (χ3n) is 2.98. The smallest absolute Gasteiger partial charge is 0.230 e. The maximum atomic E-state index is 12.0. The van der Waals surface area contributed by atoms with E-state index in [-0.39, 0.29) is 5.91 Å². The Morgan fingerprint density at radius 1 is 1.27 bits per heavy atom. The van der Waals surface area contributed by atoms with Crippen molar-refractivity contribution in [1.29, 1.82) is 0 Å². The molecule has 0 spiro atoms. The van der Waals surface area contributed by atoms with Crippen molar-refractivity contribution in [1.82, 2.24) is 5.32 Å². The molecule has 15 heavy (non-hydrogen) atoms. The third kappa shape index (κ3) is 2.20. The third-order valence-corrected chi connectivity index (χ3v) is 2.98. The first-order valence-electron chi connectivity index (χ1n) is 5.47. The summed E-state index contributed by atoms with van der Waals surface area (Å²) in [4.78, 5) is 12.0. The second kappa shape index (κ2) is 3.69. The van der Waals surface area contributed by atoms with E-state index in [1.54, 1.807) is 0 Å². The van der Waals surface area contributed by atoms with Gasteiger partial charge in [0.05, 0.1) is 5.41 Å². The van der Waals surface area contributed by atoms with Gasteiger partial charge in [-0.1, -0.05) is 30.3 Å². The average molecular weight is 203 g/mol. The van der Waals surface area contributed by atoms with Gasteiger partial charge in [0, 0.05) is 6.04 Å². The number of hydrogen-bond donors (Lipinski definition) is 1. The maximum absolute atomic E-state index is 12.0. The van der Waals surface area contributed by atoms with Crippen molar-refractivity contribution >= 4 is 5.91 Å². The van der Waals surface area contributed by atoms with Gasteiger partial charge in [-0.05, 0) is 32.3 Å². The van der Waals surface area contributed by atoms with Crippen LogP contribution in [0.2, 0.25) is 0 Å². The Hall–Kier alpha value is -1.31. The highest BCUT2D eigenvalue weighted by Crippen LogP contribution is 2.26. The summed E-state index contributed by atoms with van der Waals surface area (Å²) in [7, 11) is 0. The van der Waals surface area contributed by atoms with Crippen molar-refractivity contribution in [3.8, 4) is 0 Å². The van der Waals surface area contributed by atoms with Crippen LogP contribution in [0.15, 0.2) is 30.3 Å². The normalized spacial score (nSPS) is 16.1. The van der Waals surface area contributed by atoms with Crippen LogP contribution in [0.25, 0.3) is 0 Å². The summed E-state index contributed by atoms with van der Waals surface area (Å²) in [5, 5.41) is 3.05. The molecular formula is C13H17NO. The van der Waals surface area contributed by atoms with Crippen molar-refractivity contribution in [2.45, 2.75) is 38.1 Å². The molecule has 1 amide bonds. The quantitative estimate of drug-likeness (QED) is 0.802. The van der Waals surface area contributed by atoms with E-state index in [1.165, 1.54) is 0 Å². The lowest BCUT2D eigenvalue weighted by Gasteiger charge is -2.24. The van der Waals surface area contributed by atoms with Crippen LogP contribution in [0, 0.1) is 0 Å². The zero-order valence-electron chi connectivity index (χ0n) is 9.29. The summed E-state index contributed by atoms with van der Waals surface area (Å²) in [5.74, 6) is 0.135. The number of nitrogens with one attached hydrogen (secondary N) is 1. The van der Waals surface area contributed by atoms with E-state index in [1.807, 2.05) is 44.2 Å². The number of carbonyl (C=O) groups is 1. The van der Waals surface area contributed by atoms with Crippen LogP contribution in [0.1, 0.15) is 32.3 Å². The SMILES string of the molecule is CC(C)(C(=O)NC1CC1)c1ccccc1. The molecule has 0 aromatic heterocycles. The molecule has 1 saturated carbocycles. The molecule has 1 aromatic rings. The molecule has 2 nitrogen and oxygen atoms in total. The summed E-state index contributed by atoms with van der Waals surface area (Å²) in [6.07, 6.45) is 2.27. The average Bonchev–Trinajstić information content (AvgIpc) is 3.03. The summed E-state index contributed by atoms with van der Waals surface area (Å²) in [6, 6.07) is 10.4. The van der Waals surface area contributed by atoms with Gasteiger partial charge in [-0.3, -0.25) is 4.79 Å². The van der Waals surface area contributed by atoms with Gasteiger partial charge in [-0.2, -0.15) is 0 Å². The molecule has 0 saturated heterocycles. The molecule has 0 unspecified atom stereocenters. The first-order valence-corrected chi connectivity index (χ1v) is 5.47. The Bertz CT molecular complexity index is 352. The maximum Gasteiger partial charge on any atom is 0.230 e. The molecule has 1 aliphatic rings. The Morgan fingerprint density at radius 2 is 1.87 bits per heavy atom. The predicted molar refractivity (Wildman–Crippen MR) is 60.6 cm³/mol. The fourth-order valence-corrected chi connectivity index (χ4v) is 1.58. The Morgan fingerprint density at radius 3 is 2.40 bits per heavy atom. The first-order chi connectivity index (χ1) is 7.10. The second-order valence-electron chi connectivity index (χ2n) is 4.74. The molecule has 0 bridgehead atoms.